The van der Waals surface area contributed by atoms with Crippen molar-refractivity contribution in [3.05, 3.63) is 33.9 Å². The van der Waals surface area contributed by atoms with Crippen LogP contribution in [0.5, 0.6) is 0 Å². The molecule has 0 heterocycles. The molecule has 2 aliphatic carbocycles. The molecule has 3 rings (SSSR count). The fraction of sp³-hybridized carbons (Fsp3) is 0.556. The molecule has 134 valence electrons. The number of nitrogens with one attached hydrogen (secondary N) is 1. The third-order valence-electron chi connectivity index (χ3n) is 5.37. The molecule has 2 bridgehead atoms. The summed E-state index contributed by atoms with van der Waals surface area (Å²) in [5.41, 5.74) is 1.02. The highest BCUT2D eigenvalue weighted by atomic mass is 16.6. The summed E-state index contributed by atoms with van der Waals surface area (Å²) >= 11 is 0. The fourth-order valence-corrected chi connectivity index (χ4v) is 4.13. The Morgan fingerprint density at radius 1 is 1.32 bits per heavy atom. The molecule has 2 aliphatic rings. The molecule has 1 N–H and O–H groups in total. The van der Waals surface area contributed by atoms with E-state index in [1.54, 1.807) is 6.92 Å². The van der Waals surface area contributed by atoms with Gasteiger partial charge in [-0.15, -0.1) is 0 Å². The van der Waals surface area contributed by atoms with E-state index in [-0.39, 0.29) is 18.3 Å². The normalized spacial score (nSPS) is 24.1. The topological polar surface area (TPSA) is 98.5 Å². The predicted octanol–water partition coefficient (Wildman–Crippen LogP) is 3.21. The Balaban J connectivity index is 1.45. The second kappa shape index (κ2) is 7.21. The van der Waals surface area contributed by atoms with E-state index in [1.165, 1.54) is 37.5 Å². The van der Waals surface area contributed by atoms with Crippen molar-refractivity contribution in [3.63, 3.8) is 0 Å². The fourth-order valence-electron chi connectivity index (χ4n) is 4.13. The number of carbonyl (C=O) groups excluding carboxylic acids is 2. The maximum atomic E-state index is 11.9. The highest BCUT2D eigenvalue weighted by Gasteiger charge is 2.40. The van der Waals surface area contributed by atoms with Crippen LogP contribution < -0.4 is 5.32 Å². The average molecular weight is 346 g/mol. The molecule has 0 unspecified atom stereocenters. The summed E-state index contributed by atoms with van der Waals surface area (Å²) in [6.45, 7) is 1.33. The van der Waals surface area contributed by atoms with E-state index in [4.69, 9.17) is 4.74 Å². The van der Waals surface area contributed by atoms with Gasteiger partial charge in [-0.3, -0.25) is 19.7 Å². The Kier molecular flexibility index (Phi) is 5.01. The third kappa shape index (κ3) is 4.15. The number of benzene rings is 1. The molecule has 3 atom stereocenters. The number of nitro benzene ring substituents is 1. The lowest BCUT2D eigenvalue weighted by Crippen LogP contribution is -2.23. The van der Waals surface area contributed by atoms with E-state index in [0.29, 0.717) is 29.5 Å². The number of anilines is 1. The lowest BCUT2D eigenvalue weighted by Gasteiger charge is -2.20. The van der Waals surface area contributed by atoms with E-state index in [1.807, 2.05) is 0 Å². The lowest BCUT2D eigenvalue weighted by molar-refractivity contribution is -0.384. The quantitative estimate of drug-likeness (QED) is 0.484. The molecule has 2 fully saturated rings. The van der Waals surface area contributed by atoms with E-state index >= 15 is 0 Å². The van der Waals surface area contributed by atoms with E-state index in [9.17, 15) is 19.7 Å². The smallest absolute Gasteiger partial charge is 0.306 e. The highest BCUT2D eigenvalue weighted by molar-refractivity contribution is 5.93. The Bertz CT molecular complexity index is 703. The van der Waals surface area contributed by atoms with Crippen molar-refractivity contribution in [1.82, 2.24) is 0 Å². The number of carbonyl (C=O) groups is 2. The van der Waals surface area contributed by atoms with Crippen LogP contribution in [0.4, 0.5) is 11.4 Å². The summed E-state index contributed by atoms with van der Waals surface area (Å²) in [5.74, 6) is 1.06. The minimum atomic E-state index is -0.490. The van der Waals surface area contributed by atoms with Crippen molar-refractivity contribution >= 4 is 23.3 Å². The van der Waals surface area contributed by atoms with Crippen LogP contribution in [0.3, 0.4) is 0 Å². The number of ether oxygens (including phenoxy) is 1. The Morgan fingerprint density at radius 3 is 2.72 bits per heavy atom. The van der Waals surface area contributed by atoms with Crippen molar-refractivity contribution in [1.29, 1.82) is 0 Å². The number of rotatable bonds is 6. The highest BCUT2D eigenvalue weighted by Crippen LogP contribution is 2.49. The molecule has 1 amide bonds. The number of nitrogens with zero attached hydrogens (tertiary/aromatic N) is 1. The second-order valence-electron chi connectivity index (χ2n) is 7.10. The van der Waals surface area contributed by atoms with Crippen molar-refractivity contribution in [3.8, 4) is 0 Å². The van der Waals surface area contributed by atoms with Gasteiger partial charge in [0.15, 0.2) is 6.61 Å². The molecule has 0 radical (unpaired) electrons. The molecule has 0 saturated heterocycles. The van der Waals surface area contributed by atoms with E-state index < -0.39 is 10.8 Å². The van der Waals surface area contributed by atoms with Gasteiger partial charge in [-0.1, -0.05) is 6.42 Å². The number of nitro groups is 1. The zero-order valence-electron chi connectivity index (χ0n) is 14.2. The maximum absolute atomic E-state index is 11.9. The number of aryl methyl sites for hydroxylation is 1. The van der Waals surface area contributed by atoms with Gasteiger partial charge >= 0.3 is 5.97 Å². The van der Waals surface area contributed by atoms with Gasteiger partial charge in [0.1, 0.15) is 0 Å². The van der Waals surface area contributed by atoms with Crippen molar-refractivity contribution in [2.45, 2.75) is 39.0 Å². The molecule has 7 nitrogen and oxygen atoms in total. The van der Waals surface area contributed by atoms with Gasteiger partial charge in [0.05, 0.1) is 4.92 Å². The van der Waals surface area contributed by atoms with Gasteiger partial charge in [-0.2, -0.15) is 0 Å². The summed E-state index contributed by atoms with van der Waals surface area (Å²) in [4.78, 5) is 34.1. The van der Waals surface area contributed by atoms with Crippen LogP contribution in [0.2, 0.25) is 0 Å². The number of amides is 1. The molecule has 7 heteroatoms. The summed E-state index contributed by atoms with van der Waals surface area (Å²) in [5, 5.41) is 13.3. The first-order valence-electron chi connectivity index (χ1n) is 8.63. The largest absolute Gasteiger partial charge is 0.456 e. The van der Waals surface area contributed by atoms with Gasteiger partial charge in [0, 0.05) is 24.2 Å². The van der Waals surface area contributed by atoms with Crippen LogP contribution in [0.25, 0.3) is 0 Å². The van der Waals surface area contributed by atoms with Crippen molar-refractivity contribution in [2.24, 2.45) is 17.8 Å². The second-order valence-corrected chi connectivity index (χ2v) is 7.10. The van der Waals surface area contributed by atoms with Crippen molar-refractivity contribution < 1.29 is 19.2 Å². The predicted molar refractivity (Wildman–Crippen MR) is 91.0 cm³/mol. The van der Waals surface area contributed by atoms with Gasteiger partial charge < -0.3 is 10.1 Å². The summed E-state index contributed by atoms with van der Waals surface area (Å²) in [7, 11) is 0. The van der Waals surface area contributed by atoms with Gasteiger partial charge in [0.2, 0.25) is 0 Å². The number of esters is 1. The lowest BCUT2D eigenvalue weighted by atomic mass is 9.86. The molecule has 0 spiro atoms. The number of hydrogen-bond acceptors (Lipinski definition) is 5. The minimum absolute atomic E-state index is 0.0345. The first kappa shape index (κ1) is 17.4. The van der Waals surface area contributed by atoms with Crippen LogP contribution in [-0.2, 0) is 14.3 Å². The molecule has 1 aromatic rings. The Morgan fingerprint density at radius 2 is 2.12 bits per heavy atom. The zero-order valence-corrected chi connectivity index (χ0v) is 14.2. The monoisotopic (exact) mass is 346 g/mol. The number of fused-ring (bicyclic) bond motifs is 2. The zero-order chi connectivity index (χ0) is 18.0. The molecule has 1 aromatic carbocycles. The average Bonchev–Trinajstić information content (AvgIpc) is 3.17. The van der Waals surface area contributed by atoms with Crippen LogP contribution in [0.15, 0.2) is 18.2 Å². The van der Waals surface area contributed by atoms with Gasteiger partial charge in [0.25, 0.3) is 11.6 Å². The Labute approximate surface area is 145 Å². The van der Waals surface area contributed by atoms with Crippen molar-refractivity contribution in [2.75, 3.05) is 11.9 Å². The maximum Gasteiger partial charge on any atom is 0.306 e. The number of non-ortho nitro benzene ring substituents is 1. The number of hydrogen-bond donors (Lipinski definition) is 1. The molecular weight excluding hydrogens is 324 g/mol. The minimum Gasteiger partial charge on any atom is -0.456 e. The first-order valence-corrected chi connectivity index (χ1v) is 8.63. The van der Waals surface area contributed by atoms with Crippen LogP contribution in [-0.4, -0.2) is 23.4 Å². The SMILES string of the molecule is Cc1cc([N+](=O)[O-])ccc1NC(=O)COC(=O)C[C@H]1C[C@@H]2CC[C@@H]1C2. The van der Waals surface area contributed by atoms with Crippen LogP contribution in [0, 0.1) is 34.8 Å². The molecule has 0 aliphatic heterocycles. The Hall–Kier alpha value is -2.44. The summed E-state index contributed by atoms with van der Waals surface area (Å²) in [6.07, 6.45) is 5.23. The summed E-state index contributed by atoms with van der Waals surface area (Å²) in [6, 6.07) is 4.18. The molecule has 25 heavy (non-hydrogen) atoms. The first-order chi connectivity index (χ1) is 11.9. The molecule has 0 aromatic heterocycles. The summed E-state index contributed by atoms with van der Waals surface area (Å²) < 4.78 is 5.09. The standard InChI is InChI=1S/C18H22N2O5/c1-11-6-15(20(23)24)4-5-16(11)19-17(21)10-25-18(22)9-14-8-12-2-3-13(14)7-12/h4-6,12-14H,2-3,7-10H2,1H3,(H,19,21)/t12-,13-,14-/m1/s1. The van der Waals surface area contributed by atoms with Crippen LogP contribution in [0.1, 0.15) is 37.7 Å². The molecule has 2 saturated carbocycles. The van der Waals surface area contributed by atoms with E-state index in [2.05, 4.69) is 5.32 Å². The third-order valence-corrected chi connectivity index (χ3v) is 5.37. The van der Waals surface area contributed by atoms with Gasteiger partial charge in [-0.05, 0) is 55.6 Å². The van der Waals surface area contributed by atoms with Gasteiger partial charge in [-0.25, -0.2) is 0 Å². The van der Waals surface area contributed by atoms with Crippen LogP contribution >= 0.6 is 0 Å². The molecular formula is C18H22N2O5. The van der Waals surface area contributed by atoms with E-state index in [0.717, 1.165) is 12.3 Å².